The molecule has 6 nitrogen and oxygen atoms in total. The van der Waals surface area contributed by atoms with Crippen molar-refractivity contribution < 1.29 is 13.9 Å². The van der Waals surface area contributed by atoms with Crippen LogP contribution < -0.4 is 15.4 Å². The predicted octanol–water partition coefficient (Wildman–Crippen LogP) is 3.21. The Kier molecular flexibility index (Phi) is 6.51. The summed E-state index contributed by atoms with van der Waals surface area (Å²) in [6, 6.07) is 15.4. The maximum Gasteiger partial charge on any atom is 0.270 e. The lowest BCUT2D eigenvalue weighted by Crippen LogP contribution is -2.26. The third-order valence-electron chi connectivity index (χ3n) is 4.09. The summed E-state index contributed by atoms with van der Waals surface area (Å²) in [6.07, 6.45) is 2.21. The first-order valence-electron chi connectivity index (χ1n) is 8.86. The van der Waals surface area contributed by atoms with E-state index in [4.69, 9.17) is 4.74 Å². The maximum atomic E-state index is 12.9. The van der Waals surface area contributed by atoms with E-state index < -0.39 is 0 Å². The number of nitrogens with zero attached hydrogens (tertiary/aromatic N) is 2. The molecule has 1 aromatic heterocycles. The first-order chi connectivity index (χ1) is 13.6. The zero-order chi connectivity index (χ0) is 19.8. The van der Waals surface area contributed by atoms with Crippen molar-refractivity contribution in [2.24, 2.45) is 0 Å². The van der Waals surface area contributed by atoms with Crippen molar-refractivity contribution in [2.75, 3.05) is 19.0 Å². The summed E-state index contributed by atoms with van der Waals surface area (Å²) in [6.45, 7) is 0.912. The first kappa shape index (κ1) is 19.3. The van der Waals surface area contributed by atoms with Crippen LogP contribution >= 0.6 is 0 Å². The molecular formula is C21H21FN4O2. The second-order valence-corrected chi connectivity index (χ2v) is 6.10. The number of carbonyl (C=O) groups excluding carboxylic acids is 1. The number of halogens is 1. The Hall–Kier alpha value is -3.48. The molecule has 1 amide bonds. The molecule has 0 aliphatic rings. The quantitative estimate of drug-likeness (QED) is 0.628. The Labute approximate surface area is 162 Å². The summed E-state index contributed by atoms with van der Waals surface area (Å²) in [5, 5.41) is 5.88. The molecule has 1 heterocycles. The number of anilines is 1. The van der Waals surface area contributed by atoms with Crippen LogP contribution in [0, 0.1) is 5.82 Å². The zero-order valence-electron chi connectivity index (χ0n) is 15.5. The van der Waals surface area contributed by atoms with Gasteiger partial charge in [-0.1, -0.05) is 24.3 Å². The lowest BCUT2D eigenvalue weighted by Gasteiger charge is -2.08. The van der Waals surface area contributed by atoms with Gasteiger partial charge in [0.15, 0.2) is 0 Å². The average molecular weight is 380 g/mol. The summed E-state index contributed by atoms with van der Waals surface area (Å²) >= 11 is 0. The largest absolute Gasteiger partial charge is 0.497 e. The van der Waals surface area contributed by atoms with Gasteiger partial charge in [-0.2, -0.15) is 0 Å². The van der Waals surface area contributed by atoms with Gasteiger partial charge in [-0.25, -0.2) is 14.4 Å². The molecule has 0 unspecified atom stereocenters. The smallest absolute Gasteiger partial charge is 0.270 e. The second-order valence-electron chi connectivity index (χ2n) is 6.10. The summed E-state index contributed by atoms with van der Waals surface area (Å²) in [5.41, 5.74) is 2.24. The number of benzene rings is 2. The SMILES string of the molecule is COc1cccc(CCNC(=O)c2ccnc(NCc3ccc(F)cc3)n2)c1. The molecule has 0 radical (unpaired) electrons. The fraction of sp³-hybridized carbons (Fsp3) is 0.190. The van der Waals surface area contributed by atoms with Gasteiger partial charge in [-0.05, 0) is 47.9 Å². The minimum absolute atomic E-state index is 0.268. The Morgan fingerprint density at radius 3 is 2.71 bits per heavy atom. The van der Waals surface area contributed by atoms with Gasteiger partial charge in [0.25, 0.3) is 5.91 Å². The van der Waals surface area contributed by atoms with Crippen LogP contribution in [0.4, 0.5) is 10.3 Å². The van der Waals surface area contributed by atoms with Crippen LogP contribution in [0.3, 0.4) is 0 Å². The third-order valence-corrected chi connectivity index (χ3v) is 4.09. The molecule has 0 bridgehead atoms. The summed E-state index contributed by atoms with van der Waals surface area (Å²) in [5.74, 6) is 0.573. The van der Waals surface area contributed by atoms with Crippen LogP contribution in [0.25, 0.3) is 0 Å². The minimum Gasteiger partial charge on any atom is -0.497 e. The van der Waals surface area contributed by atoms with Crippen LogP contribution in [0.5, 0.6) is 5.75 Å². The van der Waals surface area contributed by atoms with Gasteiger partial charge in [0, 0.05) is 19.3 Å². The van der Waals surface area contributed by atoms with Gasteiger partial charge >= 0.3 is 0 Å². The van der Waals surface area contributed by atoms with Crippen LogP contribution in [-0.4, -0.2) is 29.5 Å². The van der Waals surface area contributed by atoms with Crippen LogP contribution in [0.1, 0.15) is 21.6 Å². The molecule has 0 aliphatic heterocycles. The van der Waals surface area contributed by atoms with Crippen LogP contribution in [0.2, 0.25) is 0 Å². The molecule has 0 saturated heterocycles. The molecule has 28 heavy (non-hydrogen) atoms. The lowest BCUT2D eigenvalue weighted by molar-refractivity contribution is 0.0949. The van der Waals surface area contributed by atoms with Gasteiger partial charge in [0.05, 0.1) is 7.11 Å². The number of nitrogens with one attached hydrogen (secondary N) is 2. The number of ether oxygens (including phenoxy) is 1. The standard InChI is InChI=1S/C21H21FN4O2/c1-28-18-4-2-3-15(13-18)9-11-23-20(27)19-10-12-24-21(26-19)25-14-16-5-7-17(22)8-6-16/h2-8,10,12-13H,9,11,14H2,1H3,(H,23,27)(H,24,25,26). The van der Waals surface area contributed by atoms with Crippen molar-refractivity contribution in [3.05, 3.63) is 83.4 Å². The average Bonchev–Trinajstić information content (AvgIpc) is 2.73. The highest BCUT2D eigenvalue weighted by atomic mass is 19.1. The number of aromatic nitrogens is 2. The van der Waals surface area contributed by atoms with E-state index in [9.17, 15) is 9.18 Å². The first-order valence-corrected chi connectivity index (χ1v) is 8.86. The predicted molar refractivity (Wildman–Crippen MR) is 105 cm³/mol. The van der Waals surface area contributed by atoms with Gasteiger partial charge in [-0.15, -0.1) is 0 Å². The molecule has 2 N–H and O–H groups in total. The van der Waals surface area contributed by atoms with E-state index in [1.165, 1.54) is 18.3 Å². The normalized spacial score (nSPS) is 10.4. The molecule has 2 aromatic carbocycles. The highest BCUT2D eigenvalue weighted by Gasteiger charge is 2.08. The van der Waals surface area contributed by atoms with Crippen LogP contribution in [0.15, 0.2) is 60.8 Å². The molecule has 7 heteroatoms. The van der Waals surface area contributed by atoms with E-state index in [1.807, 2.05) is 24.3 Å². The molecule has 0 saturated carbocycles. The topological polar surface area (TPSA) is 76.1 Å². The summed E-state index contributed by atoms with van der Waals surface area (Å²) in [7, 11) is 1.62. The van der Waals surface area contributed by atoms with Crippen molar-refractivity contribution >= 4 is 11.9 Å². The highest BCUT2D eigenvalue weighted by molar-refractivity contribution is 5.92. The molecule has 0 aliphatic carbocycles. The van der Waals surface area contributed by atoms with Gasteiger partial charge in [0.1, 0.15) is 17.3 Å². The number of carbonyl (C=O) groups is 1. The van der Waals surface area contributed by atoms with E-state index in [2.05, 4.69) is 20.6 Å². The van der Waals surface area contributed by atoms with E-state index >= 15 is 0 Å². The number of methoxy groups -OCH3 is 1. The van der Waals surface area contributed by atoms with Crippen molar-refractivity contribution in [2.45, 2.75) is 13.0 Å². The van der Waals surface area contributed by atoms with E-state index in [0.29, 0.717) is 25.5 Å². The van der Waals surface area contributed by atoms with E-state index in [-0.39, 0.29) is 17.4 Å². The lowest BCUT2D eigenvalue weighted by atomic mass is 10.1. The van der Waals surface area contributed by atoms with Crippen molar-refractivity contribution in [3.63, 3.8) is 0 Å². The van der Waals surface area contributed by atoms with Crippen molar-refractivity contribution in [1.29, 1.82) is 0 Å². The Morgan fingerprint density at radius 1 is 1.11 bits per heavy atom. The minimum atomic E-state index is -0.285. The Morgan fingerprint density at radius 2 is 1.93 bits per heavy atom. The van der Waals surface area contributed by atoms with Crippen LogP contribution in [-0.2, 0) is 13.0 Å². The Balaban J connectivity index is 1.52. The van der Waals surface area contributed by atoms with E-state index in [1.54, 1.807) is 25.3 Å². The van der Waals surface area contributed by atoms with Crippen molar-refractivity contribution in [1.82, 2.24) is 15.3 Å². The molecule has 3 aromatic rings. The summed E-state index contributed by atoms with van der Waals surface area (Å²) < 4.78 is 18.1. The fourth-order valence-electron chi connectivity index (χ4n) is 2.59. The molecule has 144 valence electrons. The number of rotatable bonds is 8. The van der Waals surface area contributed by atoms with Crippen molar-refractivity contribution in [3.8, 4) is 5.75 Å². The van der Waals surface area contributed by atoms with Gasteiger partial charge in [0.2, 0.25) is 5.95 Å². The number of amides is 1. The van der Waals surface area contributed by atoms with Gasteiger partial charge in [-0.3, -0.25) is 4.79 Å². The van der Waals surface area contributed by atoms with E-state index in [0.717, 1.165) is 16.9 Å². The third kappa shape index (κ3) is 5.51. The number of hydrogen-bond acceptors (Lipinski definition) is 5. The molecule has 0 spiro atoms. The maximum absolute atomic E-state index is 12.9. The molecule has 0 fully saturated rings. The molecule has 3 rings (SSSR count). The monoisotopic (exact) mass is 380 g/mol. The second kappa shape index (κ2) is 9.45. The Bertz CT molecular complexity index is 932. The molecule has 0 atom stereocenters. The highest BCUT2D eigenvalue weighted by Crippen LogP contribution is 2.12. The van der Waals surface area contributed by atoms with Gasteiger partial charge < -0.3 is 15.4 Å². The number of hydrogen-bond donors (Lipinski definition) is 2. The summed E-state index contributed by atoms with van der Waals surface area (Å²) in [4.78, 5) is 20.7. The zero-order valence-corrected chi connectivity index (χ0v) is 15.5. The fourth-order valence-corrected chi connectivity index (χ4v) is 2.59. The molecular weight excluding hydrogens is 359 g/mol.